The molecule has 0 aromatic heterocycles. The maximum Gasteiger partial charge on any atom is 0.0110 e. The van der Waals surface area contributed by atoms with Crippen LogP contribution in [0.4, 0.5) is 0 Å². The van der Waals surface area contributed by atoms with Crippen LogP contribution in [0.3, 0.4) is 0 Å². The Bertz CT molecular complexity index is 293. The average molecular weight is 280 g/mol. The van der Waals surface area contributed by atoms with Crippen LogP contribution in [0.25, 0.3) is 0 Å². The van der Waals surface area contributed by atoms with Gasteiger partial charge in [0.05, 0.1) is 0 Å². The Kier molecular flexibility index (Phi) is 5.18. The molecule has 2 rings (SSSR count). The molecule has 0 bridgehead atoms. The van der Waals surface area contributed by atoms with Crippen molar-refractivity contribution in [1.82, 2.24) is 10.2 Å². The molecule has 20 heavy (non-hydrogen) atoms. The van der Waals surface area contributed by atoms with Crippen molar-refractivity contribution in [2.24, 2.45) is 10.8 Å². The molecule has 1 N–H and O–H groups in total. The Morgan fingerprint density at radius 1 is 1.05 bits per heavy atom. The zero-order chi connectivity index (χ0) is 14.8. The molecule has 1 aliphatic carbocycles. The van der Waals surface area contributed by atoms with Gasteiger partial charge < -0.3 is 5.32 Å². The first kappa shape index (κ1) is 16.3. The van der Waals surface area contributed by atoms with E-state index in [0.29, 0.717) is 10.8 Å². The zero-order valence-electron chi connectivity index (χ0n) is 14.5. The van der Waals surface area contributed by atoms with Gasteiger partial charge in [0.15, 0.2) is 0 Å². The molecule has 1 unspecified atom stereocenters. The highest BCUT2D eigenvalue weighted by molar-refractivity contribution is 4.95. The lowest BCUT2D eigenvalue weighted by Gasteiger charge is -2.51. The first-order chi connectivity index (χ1) is 9.33. The number of rotatable bonds is 4. The van der Waals surface area contributed by atoms with Gasteiger partial charge in [0.25, 0.3) is 0 Å². The van der Waals surface area contributed by atoms with Gasteiger partial charge in [0.1, 0.15) is 0 Å². The fraction of sp³-hybridized carbons (Fsp3) is 1.00. The normalized spacial score (nSPS) is 31.4. The van der Waals surface area contributed by atoms with Gasteiger partial charge in [-0.3, -0.25) is 4.90 Å². The fourth-order valence-electron chi connectivity index (χ4n) is 5.15. The van der Waals surface area contributed by atoms with Crippen molar-refractivity contribution in [3.63, 3.8) is 0 Å². The summed E-state index contributed by atoms with van der Waals surface area (Å²) in [6.07, 6.45) is 9.76. The largest absolute Gasteiger partial charge is 0.320 e. The van der Waals surface area contributed by atoms with Gasteiger partial charge in [-0.2, -0.15) is 0 Å². The number of nitrogens with zero attached hydrogens (tertiary/aromatic N) is 1. The van der Waals surface area contributed by atoms with Crippen molar-refractivity contribution in [2.45, 2.75) is 84.7 Å². The maximum absolute atomic E-state index is 3.34. The molecule has 0 radical (unpaired) electrons. The van der Waals surface area contributed by atoms with E-state index in [1.165, 1.54) is 58.0 Å². The molecule has 0 aromatic carbocycles. The van der Waals surface area contributed by atoms with Gasteiger partial charge in [-0.1, -0.05) is 34.1 Å². The van der Waals surface area contributed by atoms with E-state index in [4.69, 9.17) is 0 Å². The van der Waals surface area contributed by atoms with Crippen molar-refractivity contribution in [1.29, 1.82) is 0 Å². The standard InChI is InChI=1S/C18H36N2/c1-17(2)12-16(13-18(3,4)14-17)20-11-7-6-8-15(20)9-10-19-5/h15-16,19H,6-14H2,1-5H3. The molecule has 1 atom stereocenters. The number of likely N-dealkylation sites (tertiary alicyclic amines) is 1. The predicted molar refractivity (Wildman–Crippen MR) is 88.1 cm³/mol. The summed E-state index contributed by atoms with van der Waals surface area (Å²) in [7, 11) is 2.08. The SMILES string of the molecule is CNCCC1CCCCN1C1CC(C)(C)CC(C)(C)C1. The maximum atomic E-state index is 3.34. The van der Waals surface area contributed by atoms with Crippen LogP contribution in [0.1, 0.15) is 72.6 Å². The van der Waals surface area contributed by atoms with E-state index >= 15 is 0 Å². The van der Waals surface area contributed by atoms with E-state index in [1.807, 2.05) is 0 Å². The second-order valence-corrected chi connectivity index (χ2v) is 8.85. The van der Waals surface area contributed by atoms with Crippen molar-refractivity contribution in [3.05, 3.63) is 0 Å². The Morgan fingerprint density at radius 2 is 1.70 bits per heavy atom. The van der Waals surface area contributed by atoms with Gasteiger partial charge in [-0.15, -0.1) is 0 Å². The van der Waals surface area contributed by atoms with Crippen molar-refractivity contribution < 1.29 is 0 Å². The molecule has 118 valence electrons. The number of hydrogen-bond acceptors (Lipinski definition) is 2. The van der Waals surface area contributed by atoms with Crippen LogP contribution in [0.15, 0.2) is 0 Å². The summed E-state index contributed by atoms with van der Waals surface area (Å²) in [4.78, 5) is 2.89. The van der Waals surface area contributed by atoms with Crippen LogP contribution in [-0.2, 0) is 0 Å². The monoisotopic (exact) mass is 280 g/mol. The molecule has 1 aliphatic heterocycles. The first-order valence-corrected chi connectivity index (χ1v) is 8.73. The lowest BCUT2D eigenvalue weighted by molar-refractivity contribution is -0.00988. The van der Waals surface area contributed by atoms with Gasteiger partial charge in [-0.25, -0.2) is 0 Å². The molecule has 2 fully saturated rings. The Morgan fingerprint density at radius 3 is 2.30 bits per heavy atom. The Labute approximate surface area is 126 Å². The Hall–Kier alpha value is -0.0800. The highest BCUT2D eigenvalue weighted by Crippen LogP contribution is 2.48. The minimum absolute atomic E-state index is 0.511. The topological polar surface area (TPSA) is 15.3 Å². The molecule has 2 nitrogen and oxygen atoms in total. The summed E-state index contributed by atoms with van der Waals surface area (Å²) in [6, 6.07) is 1.64. The summed E-state index contributed by atoms with van der Waals surface area (Å²) in [6.45, 7) is 12.4. The summed E-state index contributed by atoms with van der Waals surface area (Å²) < 4.78 is 0. The molecule has 1 saturated heterocycles. The smallest absolute Gasteiger partial charge is 0.0110 e. The second kappa shape index (κ2) is 6.36. The number of piperidine rings is 1. The quantitative estimate of drug-likeness (QED) is 0.835. The van der Waals surface area contributed by atoms with Crippen LogP contribution >= 0.6 is 0 Å². The van der Waals surface area contributed by atoms with Crippen LogP contribution in [0.2, 0.25) is 0 Å². The minimum Gasteiger partial charge on any atom is -0.320 e. The minimum atomic E-state index is 0.511. The zero-order valence-corrected chi connectivity index (χ0v) is 14.5. The molecular formula is C18H36N2. The van der Waals surface area contributed by atoms with Crippen LogP contribution < -0.4 is 5.32 Å². The third-order valence-electron chi connectivity index (χ3n) is 5.40. The lowest BCUT2D eigenvalue weighted by atomic mass is 9.63. The first-order valence-electron chi connectivity index (χ1n) is 8.73. The van der Waals surface area contributed by atoms with Gasteiger partial charge >= 0.3 is 0 Å². The van der Waals surface area contributed by atoms with Gasteiger partial charge in [0.2, 0.25) is 0 Å². The van der Waals surface area contributed by atoms with E-state index in [-0.39, 0.29) is 0 Å². The molecule has 0 aromatic rings. The number of hydrogen-bond donors (Lipinski definition) is 1. The fourth-order valence-corrected chi connectivity index (χ4v) is 5.15. The van der Waals surface area contributed by atoms with E-state index in [0.717, 1.165) is 12.1 Å². The van der Waals surface area contributed by atoms with Crippen LogP contribution in [-0.4, -0.2) is 37.1 Å². The van der Waals surface area contributed by atoms with E-state index < -0.39 is 0 Å². The van der Waals surface area contributed by atoms with Crippen molar-refractivity contribution in [2.75, 3.05) is 20.1 Å². The molecule has 2 heteroatoms. The third kappa shape index (κ3) is 4.21. The summed E-state index contributed by atoms with van der Waals surface area (Å²) >= 11 is 0. The highest BCUT2D eigenvalue weighted by atomic mass is 15.2. The van der Waals surface area contributed by atoms with Gasteiger partial charge in [0, 0.05) is 12.1 Å². The molecule has 1 saturated carbocycles. The van der Waals surface area contributed by atoms with E-state index in [1.54, 1.807) is 0 Å². The molecule has 1 heterocycles. The van der Waals surface area contributed by atoms with E-state index in [2.05, 4.69) is 45.0 Å². The van der Waals surface area contributed by atoms with E-state index in [9.17, 15) is 0 Å². The summed E-state index contributed by atoms with van der Waals surface area (Å²) in [5, 5.41) is 3.34. The Balaban J connectivity index is 2.06. The third-order valence-corrected chi connectivity index (χ3v) is 5.40. The number of nitrogens with one attached hydrogen (secondary N) is 1. The predicted octanol–water partition coefficient (Wildman–Crippen LogP) is 4.06. The van der Waals surface area contributed by atoms with Crippen molar-refractivity contribution >= 4 is 0 Å². The highest BCUT2D eigenvalue weighted by Gasteiger charge is 2.42. The lowest BCUT2D eigenvalue weighted by Crippen LogP contribution is -2.52. The van der Waals surface area contributed by atoms with Crippen LogP contribution in [0.5, 0.6) is 0 Å². The summed E-state index contributed by atoms with van der Waals surface area (Å²) in [5.74, 6) is 0. The molecule has 0 amide bonds. The van der Waals surface area contributed by atoms with Gasteiger partial charge in [-0.05, 0) is 69.5 Å². The molecular weight excluding hydrogens is 244 g/mol. The molecule has 0 spiro atoms. The molecule has 2 aliphatic rings. The summed E-state index contributed by atoms with van der Waals surface area (Å²) in [5.41, 5.74) is 1.02. The van der Waals surface area contributed by atoms with Crippen molar-refractivity contribution in [3.8, 4) is 0 Å². The van der Waals surface area contributed by atoms with Crippen LogP contribution in [0, 0.1) is 10.8 Å². The average Bonchev–Trinajstić information content (AvgIpc) is 2.33. The second-order valence-electron chi connectivity index (χ2n) is 8.85.